The summed E-state index contributed by atoms with van der Waals surface area (Å²) in [4.78, 5) is 31.7. The second-order valence-electron chi connectivity index (χ2n) is 7.66. The van der Waals surface area contributed by atoms with E-state index >= 15 is 0 Å². The number of amides is 2. The van der Waals surface area contributed by atoms with Gasteiger partial charge in [-0.3, -0.25) is 14.6 Å². The number of phenolic OH excluding ortho intramolecular Hbond substituents is 1. The van der Waals surface area contributed by atoms with Crippen molar-refractivity contribution in [1.82, 2.24) is 9.88 Å². The average molecular weight is 465 g/mol. The number of nitrogens with zero attached hydrogens (tertiary/aromatic N) is 3. The third kappa shape index (κ3) is 4.11. The minimum Gasteiger partial charge on any atom is -0.507 e. The third-order valence-corrected chi connectivity index (χ3v) is 5.90. The molecular formula is C24H18ClFN4O3. The molecule has 1 aliphatic carbocycles. The number of nitrogens with two attached hydrogens (primary N) is 1. The van der Waals surface area contributed by atoms with Gasteiger partial charge in [0.05, 0.1) is 17.2 Å². The number of hydrogen-bond acceptors (Lipinski definition) is 5. The first-order chi connectivity index (χ1) is 15.8. The molecule has 166 valence electrons. The number of aromatic hydroxyl groups is 1. The third-order valence-electron chi connectivity index (χ3n) is 5.68. The van der Waals surface area contributed by atoms with Gasteiger partial charge < -0.3 is 15.7 Å². The predicted molar refractivity (Wildman–Crippen MR) is 118 cm³/mol. The second kappa shape index (κ2) is 8.88. The number of fused-ring (bicyclic) bond motifs is 1. The normalized spacial score (nSPS) is 15.4. The van der Waals surface area contributed by atoms with Crippen LogP contribution in [0.25, 0.3) is 0 Å². The van der Waals surface area contributed by atoms with E-state index in [1.54, 1.807) is 18.2 Å². The molecule has 2 atom stereocenters. The molecular weight excluding hydrogens is 447 g/mol. The quantitative estimate of drug-likeness (QED) is 0.594. The molecule has 1 aliphatic rings. The zero-order valence-corrected chi connectivity index (χ0v) is 18.0. The van der Waals surface area contributed by atoms with E-state index in [-0.39, 0.29) is 27.5 Å². The van der Waals surface area contributed by atoms with Crippen LogP contribution in [0.1, 0.15) is 51.1 Å². The maximum absolute atomic E-state index is 14.6. The highest BCUT2D eigenvalue weighted by atomic mass is 35.5. The molecule has 3 N–H and O–H groups in total. The fourth-order valence-corrected chi connectivity index (χ4v) is 4.49. The van der Waals surface area contributed by atoms with Gasteiger partial charge in [-0.2, -0.15) is 5.26 Å². The Morgan fingerprint density at radius 2 is 2.03 bits per heavy atom. The van der Waals surface area contributed by atoms with Crippen molar-refractivity contribution in [3.05, 3.63) is 93.5 Å². The number of rotatable bonds is 5. The van der Waals surface area contributed by atoms with Gasteiger partial charge >= 0.3 is 0 Å². The minimum atomic E-state index is -1.34. The molecule has 4 rings (SSSR count). The summed E-state index contributed by atoms with van der Waals surface area (Å²) in [5.74, 6) is -2.34. The molecule has 0 saturated carbocycles. The summed E-state index contributed by atoms with van der Waals surface area (Å²) in [6.45, 7) is 0. The van der Waals surface area contributed by atoms with Crippen molar-refractivity contribution in [2.24, 2.45) is 5.73 Å². The van der Waals surface area contributed by atoms with E-state index in [4.69, 9.17) is 17.3 Å². The summed E-state index contributed by atoms with van der Waals surface area (Å²) in [5.41, 5.74) is 6.96. The van der Waals surface area contributed by atoms with Gasteiger partial charge in [0, 0.05) is 23.0 Å². The Kier molecular flexibility index (Phi) is 5.99. The number of hydrogen-bond donors (Lipinski definition) is 2. The van der Waals surface area contributed by atoms with Crippen LogP contribution in [-0.2, 0) is 11.2 Å². The lowest BCUT2D eigenvalue weighted by atomic mass is 9.98. The van der Waals surface area contributed by atoms with Crippen LogP contribution in [0.3, 0.4) is 0 Å². The zero-order chi connectivity index (χ0) is 23.7. The van der Waals surface area contributed by atoms with Crippen molar-refractivity contribution < 1.29 is 19.1 Å². The van der Waals surface area contributed by atoms with Gasteiger partial charge in [0.2, 0.25) is 5.91 Å². The van der Waals surface area contributed by atoms with Gasteiger partial charge in [0.1, 0.15) is 23.7 Å². The van der Waals surface area contributed by atoms with Crippen LogP contribution in [0, 0.1) is 17.1 Å². The molecule has 0 bridgehead atoms. The topological polar surface area (TPSA) is 120 Å². The summed E-state index contributed by atoms with van der Waals surface area (Å²) in [6, 6.07) is 9.92. The van der Waals surface area contributed by atoms with Crippen LogP contribution < -0.4 is 5.73 Å². The molecule has 1 unspecified atom stereocenters. The lowest BCUT2D eigenvalue weighted by Crippen LogP contribution is -2.43. The van der Waals surface area contributed by atoms with Gasteiger partial charge in [0.25, 0.3) is 5.91 Å². The van der Waals surface area contributed by atoms with Gasteiger partial charge in [-0.05, 0) is 54.3 Å². The van der Waals surface area contributed by atoms with Crippen LogP contribution in [0.4, 0.5) is 4.39 Å². The molecule has 3 aromatic rings. The highest BCUT2D eigenvalue weighted by Crippen LogP contribution is 2.43. The number of aromatic nitrogens is 1. The SMILES string of the molecule is N#Cc1cncc(C(C(N)=O)N(C(=O)c2ccccc2O)[C@@H]2CCc3c(F)cc(Cl)cc32)c1. The molecule has 1 heterocycles. The average Bonchev–Trinajstić information content (AvgIpc) is 3.20. The van der Waals surface area contributed by atoms with E-state index in [2.05, 4.69) is 4.98 Å². The summed E-state index contributed by atoms with van der Waals surface area (Å²) in [7, 11) is 0. The maximum Gasteiger partial charge on any atom is 0.259 e. The number of nitriles is 1. The molecule has 0 fully saturated rings. The van der Waals surface area contributed by atoms with Gasteiger partial charge in [-0.25, -0.2) is 4.39 Å². The van der Waals surface area contributed by atoms with E-state index in [1.807, 2.05) is 6.07 Å². The molecule has 33 heavy (non-hydrogen) atoms. The number of para-hydroxylation sites is 1. The molecule has 0 saturated heterocycles. The van der Waals surface area contributed by atoms with Crippen molar-refractivity contribution in [2.75, 3.05) is 0 Å². The summed E-state index contributed by atoms with van der Waals surface area (Å²) in [5, 5.41) is 19.8. The summed E-state index contributed by atoms with van der Waals surface area (Å²) >= 11 is 6.10. The molecule has 1 aromatic heterocycles. The fourth-order valence-electron chi connectivity index (χ4n) is 4.27. The Bertz CT molecular complexity index is 1310. The Labute approximate surface area is 193 Å². The Balaban J connectivity index is 1.92. The van der Waals surface area contributed by atoms with Crippen LogP contribution in [0.15, 0.2) is 54.9 Å². The first-order valence-corrected chi connectivity index (χ1v) is 10.4. The number of carbonyl (C=O) groups excluding carboxylic acids is 2. The monoisotopic (exact) mass is 464 g/mol. The number of phenols is 1. The van der Waals surface area contributed by atoms with Crippen LogP contribution in [0.5, 0.6) is 5.75 Å². The lowest BCUT2D eigenvalue weighted by Gasteiger charge is -2.36. The number of pyridine rings is 1. The highest BCUT2D eigenvalue weighted by molar-refractivity contribution is 6.30. The predicted octanol–water partition coefficient (Wildman–Crippen LogP) is 3.81. The Morgan fingerprint density at radius 3 is 2.73 bits per heavy atom. The molecule has 9 heteroatoms. The fraction of sp³-hybridized carbons (Fsp3) is 0.167. The Morgan fingerprint density at radius 1 is 1.27 bits per heavy atom. The number of primary amides is 1. The minimum absolute atomic E-state index is 0.0518. The first-order valence-electron chi connectivity index (χ1n) is 10.0. The molecule has 0 radical (unpaired) electrons. The number of halogens is 2. The lowest BCUT2D eigenvalue weighted by molar-refractivity contribution is -0.123. The maximum atomic E-state index is 14.6. The number of benzene rings is 2. The summed E-state index contributed by atoms with van der Waals surface area (Å²) in [6.07, 6.45) is 3.28. The molecule has 2 amide bonds. The molecule has 2 aromatic carbocycles. The van der Waals surface area contributed by atoms with Crippen LogP contribution >= 0.6 is 11.6 Å². The van der Waals surface area contributed by atoms with Crippen LogP contribution in [-0.4, -0.2) is 26.8 Å². The largest absolute Gasteiger partial charge is 0.507 e. The Hall–Kier alpha value is -3.96. The van der Waals surface area contributed by atoms with Crippen LogP contribution in [0.2, 0.25) is 5.02 Å². The van der Waals surface area contributed by atoms with E-state index in [0.717, 1.165) is 0 Å². The van der Waals surface area contributed by atoms with E-state index < -0.39 is 29.7 Å². The highest BCUT2D eigenvalue weighted by Gasteiger charge is 2.41. The first kappa shape index (κ1) is 22.2. The van der Waals surface area contributed by atoms with Crippen molar-refractivity contribution in [3.63, 3.8) is 0 Å². The van der Waals surface area contributed by atoms with Gasteiger partial charge in [0.15, 0.2) is 0 Å². The van der Waals surface area contributed by atoms with Crippen molar-refractivity contribution >= 4 is 23.4 Å². The van der Waals surface area contributed by atoms with Crippen molar-refractivity contribution in [2.45, 2.75) is 24.9 Å². The van der Waals surface area contributed by atoms with E-state index in [1.165, 1.54) is 41.6 Å². The van der Waals surface area contributed by atoms with Gasteiger partial charge in [-0.1, -0.05) is 23.7 Å². The van der Waals surface area contributed by atoms with Crippen molar-refractivity contribution in [1.29, 1.82) is 5.26 Å². The molecule has 7 nitrogen and oxygen atoms in total. The number of carbonyl (C=O) groups is 2. The van der Waals surface area contributed by atoms with Gasteiger partial charge in [-0.15, -0.1) is 0 Å². The molecule has 0 aliphatic heterocycles. The second-order valence-corrected chi connectivity index (χ2v) is 8.10. The van der Waals surface area contributed by atoms with Crippen molar-refractivity contribution in [3.8, 4) is 11.8 Å². The summed E-state index contributed by atoms with van der Waals surface area (Å²) < 4.78 is 14.6. The smallest absolute Gasteiger partial charge is 0.259 e. The molecule has 0 spiro atoms. The van der Waals surface area contributed by atoms with E-state index in [0.29, 0.717) is 24.0 Å². The zero-order valence-electron chi connectivity index (χ0n) is 17.2. The van der Waals surface area contributed by atoms with E-state index in [9.17, 15) is 24.3 Å². The standard InChI is InChI=1S/C24H18ClFN4O3/c25-15-8-18-16(19(26)9-15)5-6-20(18)30(24(33)17-3-1-2-4-21(17)31)22(23(28)32)14-7-13(10-27)11-29-12-14/h1-4,7-9,11-12,20,22,31H,5-6H2,(H2,28,32)/t20-,22?/m1/s1.